The summed E-state index contributed by atoms with van der Waals surface area (Å²) in [6.07, 6.45) is 5.75. The smallest absolute Gasteiger partial charge is 0.387 e. The number of ether oxygens (including phenoxy) is 1. The zero-order chi connectivity index (χ0) is 17.6. The minimum Gasteiger partial charge on any atom is -0.434 e. The molecule has 5 nitrogen and oxygen atoms in total. The van der Waals surface area contributed by atoms with E-state index in [1.807, 2.05) is 0 Å². The number of benzene rings is 1. The molecule has 0 radical (unpaired) electrons. The Labute approximate surface area is 138 Å². The van der Waals surface area contributed by atoms with E-state index < -0.39 is 23.8 Å². The van der Waals surface area contributed by atoms with Crippen LogP contribution in [0, 0.1) is 5.41 Å². The number of carbonyl (C=O) groups excluding carboxylic acids is 2. The van der Waals surface area contributed by atoms with Crippen molar-refractivity contribution in [2.75, 3.05) is 6.54 Å². The lowest BCUT2D eigenvalue weighted by molar-refractivity contribution is -0.127. The van der Waals surface area contributed by atoms with Gasteiger partial charge in [0.05, 0.1) is 5.41 Å². The Balaban J connectivity index is 1.97. The number of amides is 2. The second-order valence-electron chi connectivity index (χ2n) is 5.82. The maximum Gasteiger partial charge on any atom is 0.387 e. The van der Waals surface area contributed by atoms with Crippen molar-refractivity contribution in [2.24, 2.45) is 11.1 Å². The Bertz CT molecular complexity index is 626. The maximum atomic E-state index is 12.3. The molecule has 2 rings (SSSR count). The highest BCUT2D eigenvalue weighted by atomic mass is 19.3. The molecule has 0 aromatic heterocycles. The predicted molar refractivity (Wildman–Crippen MR) is 85.2 cm³/mol. The van der Waals surface area contributed by atoms with Gasteiger partial charge in [-0.05, 0) is 25.0 Å². The van der Waals surface area contributed by atoms with Gasteiger partial charge in [0.15, 0.2) is 0 Å². The zero-order valence-electron chi connectivity index (χ0n) is 13.1. The van der Waals surface area contributed by atoms with Gasteiger partial charge in [-0.25, -0.2) is 0 Å². The van der Waals surface area contributed by atoms with E-state index in [0.29, 0.717) is 18.4 Å². The van der Waals surface area contributed by atoms with Crippen LogP contribution in [0.25, 0.3) is 6.08 Å². The highest BCUT2D eigenvalue weighted by Gasteiger charge is 2.39. The lowest BCUT2D eigenvalue weighted by Crippen LogP contribution is -2.44. The highest BCUT2D eigenvalue weighted by molar-refractivity contribution is 5.92. The summed E-state index contributed by atoms with van der Waals surface area (Å²) < 4.78 is 29.1. The largest absolute Gasteiger partial charge is 0.434 e. The molecule has 24 heavy (non-hydrogen) atoms. The van der Waals surface area contributed by atoms with Crippen molar-refractivity contribution in [3.05, 3.63) is 35.9 Å². The molecule has 2 amide bonds. The van der Waals surface area contributed by atoms with Crippen LogP contribution in [-0.2, 0) is 9.59 Å². The van der Waals surface area contributed by atoms with E-state index in [2.05, 4.69) is 10.1 Å². The molecular weight excluding hydrogens is 318 g/mol. The van der Waals surface area contributed by atoms with Crippen LogP contribution in [0.4, 0.5) is 8.78 Å². The Hall–Kier alpha value is -2.44. The Kier molecular flexibility index (Phi) is 5.89. The van der Waals surface area contributed by atoms with Crippen molar-refractivity contribution in [3.8, 4) is 5.75 Å². The van der Waals surface area contributed by atoms with Crippen molar-refractivity contribution in [2.45, 2.75) is 32.3 Å². The molecule has 0 saturated heterocycles. The Morgan fingerprint density at radius 1 is 1.29 bits per heavy atom. The van der Waals surface area contributed by atoms with Gasteiger partial charge >= 0.3 is 6.61 Å². The molecule has 0 aliphatic heterocycles. The van der Waals surface area contributed by atoms with Crippen LogP contribution in [0.5, 0.6) is 5.75 Å². The highest BCUT2D eigenvalue weighted by Crippen LogP contribution is 2.37. The van der Waals surface area contributed by atoms with Gasteiger partial charge < -0.3 is 15.8 Å². The molecule has 1 fully saturated rings. The first-order chi connectivity index (χ1) is 11.4. The van der Waals surface area contributed by atoms with Crippen molar-refractivity contribution in [1.82, 2.24) is 5.32 Å². The van der Waals surface area contributed by atoms with Gasteiger partial charge in [0.25, 0.3) is 0 Å². The van der Waals surface area contributed by atoms with E-state index >= 15 is 0 Å². The van der Waals surface area contributed by atoms with Gasteiger partial charge in [-0.3, -0.25) is 9.59 Å². The SMILES string of the molecule is NC(=O)C1(CNC(=O)C=Cc2ccccc2OC(F)F)CCCC1. The molecule has 130 valence electrons. The van der Waals surface area contributed by atoms with Crippen molar-refractivity contribution in [1.29, 1.82) is 0 Å². The minimum absolute atomic E-state index is 0.0130. The van der Waals surface area contributed by atoms with E-state index in [1.165, 1.54) is 18.2 Å². The lowest BCUT2D eigenvalue weighted by Gasteiger charge is -2.24. The van der Waals surface area contributed by atoms with Gasteiger partial charge in [0.1, 0.15) is 5.75 Å². The second-order valence-corrected chi connectivity index (χ2v) is 5.82. The number of hydrogen-bond acceptors (Lipinski definition) is 3. The van der Waals surface area contributed by atoms with Crippen LogP contribution in [0.15, 0.2) is 30.3 Å². The molecule has 0 spiro atoms. The number of alkyl halides is 2. The molecular formula is C17H20F2N2O3. The van der Waals surface area contributed by atoms with Gasteiger partial charge in [-0.1, -0.05) is 31.0 Å². The van der Waals surface area contributed by atoms with E-state index in [0.717, 1.165) is 12.8 Å². The molecule has 0 bridgehead atoms. The van der Waals surface area contributed by atoms with E-state index in [4.69, 9.17) is 5.73 Å². The quantitative estimate of drug-likeness (QED) is 0.749. The molecule has 1 aliphatic rings. The Morgan fingerprint density at radius 2 is 1.96 bits per heavy atom. The molecule has 1 aromatic carbocycles. The molecule has 1 aromatic rings. The number of rotatable bonds is 7. The molecule has 1 aliphatic carbocycles. The van der Waals surface area contributed by atoms with Crippen molar-refractivity contribution >= 4 is 17.9 Å². The molecule has 7 heteroatoms. The van der Waals surface area contributed by atoms with Crippen LogP contribution in [0.1, 0.15) is 31.2 Å². The number of para-hydroxylation sites is 1. The van der Waals surface area contributed by atoms with Crippen molar-refractivity contribution < 1.29 is 23.1 Å². The molecule has 0 unspecified atom stereocenters. The Morgan fingerprint density at radius 3 is 2.58 bits per heavy atom. The topological polar surface area (TPSA) is 81.4 Å². The van der Waals surface area contributed by atoms with Crippen LogP contribution in [0.3, 0.4) is 0 Å². The summed E-state index contributed by atoms with van der Waals surface area (Å²) in [5.41, 5.74) is 5.13. The zero-order valence-corrected chi connectivity index (χ0v) is 13.1. The summed E-state index contributed by atoms with van der Waals surface area (Å²) in [6.45, 7) is -2.76. The maximum absolute atomic E-state index is 12.3. The number of nitrogens with two attached hydrogens (primary N) is 1. The molecule has 1 saturated carbocycles. The van der Waals surface area contributed by atoms with Crippen LogP contribution in [0.2, 0.25) is 0 Å². The third kappa shape index (κ3) is 4.53. The van der Waals surface area contributed by atoms with E-state index in [9.17, 15) is 18.4 Å². The summed E-state index contributed by atoms with van der Waals surface area (Å²) in [5.74, 6) is -0.838. The molecule has 0 atom stereocenters. The second kappa shape index (κ2) is 7.90. The standard InChI is InChI=1S/C17H20F2N2O3/c18-16(19)24-13-6-2-1-5-12(13)7-8-14(22)21-11-17(15(20)23)9-3-4-10-17/h1-2,5-8,16H,3-4,9-11H2,(H2,20,23)(H,21,22). The monoisotopic (exact) mass is 338 g/mol. The fourth-order valence-electron chi connectivity index (χ4n) is 2.86. The summed E-state index contributed by atoms with van der Waals surface area (Å²) in [4.78, 5) is 23.6. The normalized spacial score (nSPS) is 16.5. The van der Waals surface area contributed by atoms with Gasteiger partial charge in [-0.2, -0.15) is 8.78 Å². The molecule has 0 heterocycles. The average molecular weight is 338 g/mol. The summed E-state index contributed by atoms with van der Waals surface area (Å²) >= 11 is 0. The van der Waals surface area contributed by atoms with Gasteiger partial charge in [0.2, 0.25) is 11.8 Å². The van der Waals surface area contributed by atoms with Crippen molar-refractivity contribution in [3.63, 3.8) is 0 Å². The fourth-order valence-corrected chi connectivity index (χ4v) is 2.86. The molecule has 3 N–H and O–H groups in total. The minimum atomic E-state index is -2.94. The van der Waals surface area contributed by atoms with Crippen LogP contribution < -0.4 is 15.8 Å². The van der Waals surface area contributed by atoms with E-state index in [-0.39, 0.29) is 12.3 Å². The van der Waals surface area contributed by atoms with Crippen LogP contribution in [-0.4, -0.2) is 25.0 Å². The first-order valence-electron chi connectivity index (χ1n) is 7.73. The number of primary amides is 1. The summed E-state index contributed by atoms with van der Waals surface area (Å²) in [5, 5.41) is 2.66. The number of hydrogen-bond donors (Lipinski definition) is 2. The number of carbonyl (C=O) groups is 2. The van der Waals surface area contributed by atoms with Gasteiger partial charge in [0, 0.05) is 18.2 Å². The number of halogens is 2. The lowest BCUT2D eigenvalue weighted by atomic mass is 9.85. The van der Waals surface area contributed by atoms with E-state index in [1.54, 1.807) is 18.2 Å². The summed E-state index contributed by atoms with van der Waals surface area (Å²) in [6, 6.07) is 6.16. The fraction of sp³-hybridized carbons (Fsp3) is 0.412. The third-order valence-corrected chi connectivity index (χ3v) is 4.23. The summed E-state index contributed by atoms with van der Waals surface area (Å²) in [7, 11) is 0. The number of nitrogens with one attached hydrogen (secondary N) is 1. The first kappa shape index (κ1) is 17.9. The third-order valence-electron chi connectivity index (χ3n) is 4.23. The predicted octanol–water partition coefficient (Wildman–Crippen LogP) is 2.46. The average Bonchev–Trinajstić information content (AvgIpc) is 3.02. The first-order valence-corrected chi connectivity index (χ1v) is 7.73. The van der Waals surface area contributed by atoms with Crippen LogP contribution >= 0.6 is 0 Å². The van der Waals surface area contributed by atoms with Gasteiger partial charge in [-0.15, -0.1) is 0 Å².